The highest BCUT2D eigenvalue weighted by Crippen LogP contribution is 2.11. The molecule has 1 rings (SSSR count). The summed E-state index contributed by atoms with van der Waals surface area (Å²) in [6.45, 7) is 0. The van der Waals surface area contributed by atoms with Crippen LogP contribution >= 0.6 is 0 Å². The number of nitrogens with zero attached hydrogens (tertiary/aromatic N) is 2. The SMILES string of the molecule is O=Cc1cc(CC(=O)O)nc([N+](=O)[O-])c1. The van der Waals surface area contributed by atoms with E-state index in [2.05, 4.69) is 4.98 Å². The molecule has 15 heavy (non-hydrogen) atoms. The standard InChI is InChI=1S/C8H6N2O5/c11-4-5-1-6(3-8(12)13)9-7(2-5)10(14)15/h1-2,4H,3H2,(H,12,13). The van der Waals surface area contributed by atoms with E-state index < -0.39 is 23.1 Å². The van der Waals surface area contributed by atoms with Gasteiger partial charge in [-0.05, 0) is 16.0 Å². The number of pyridine rings is 1. The highest BCUT2D eigenvalue weighted by Gasteiger charge is 2.15. The quantitative estimate of drug-likeness (QED) is 0.438. The van der Waals surface area contributed by atoms with Gasteiger partial charge < -0.3 is 15.2 Å². The van der Waals surface area contributed by atoms with Crippen LogP contribution in [-0.2, 0) is 11.2 Å². The maximum Gasteiger partial charge on any atom is 0.364 e. The highest BCUT2D eigenvalue weighted by atomic mass is 16.6. The third kappa shape index (κ3) is 2.83. The molecule has 0 aliphatic heterocycles. The first-order chi connectivity index (χ1) is 7.02. The van der Waals surface area contributed by atoms with E-state index in [1.165, 1.54) is 6.07 Å². The zero-order valence-corrected chi connectivity index (χ0v) is 7.41. The summed E-state index contributed by atoms with van der Waals surface area (Å²) >= 11 is 0. The van der Waals surface area contributed by atoms with Gasteiger partial charge in [0.1, 0.15) is 6.42 Å². The van der Waals surface area contributed by atoms with E-state index in [4.69, 9.17) is 5.11 Å². The Morgan fingerprint density at radius 1 is 1.60 bits per heavy atom. The zero-order chi connectivity index (χ0) is 11.4. The second-order valence-corrected chi connectivity index (χ2v) is 2.70. The number of nitro groups is 1. The molecule has 0 aliphatic carbocycles. The number of aromatic nitrogens is 1. The number of aliphatic carboxylic acids is 1. The van der Waals surface area contributed by atoms with Gasteiger partial charge in [0.15, 0.2) is 12.0 Å². The molecule has 0 saturated carbocycles. The van der Waals surface area contributed by atoms with Crippen LogP contribution in [0.4, 0.5) is 5.82 Å². The van der Waals surface area contributed by atoms with Gasteiger partial charge in [-0.2, -0.15) is 0 Å². The summed E-state index contributed by atoms with van der Waals surface area (Å²) in [5, 5.41) is 18.8. The monoisotopic (exact) mass is 210 g/mol. The van der Waals surface area contributed by atoms with Gasteiger partial charge in [-0.1, -0.05) is 0 Å². The molecule has 7 heteroatoms. The van der Waals surface area contributed by atoms with Gasteiger partial charge in [0.05, 0.1) is 0 Å². The lowest BCUT2D eigenvalue weighted by Crippen LogP contribution is -2.05. The maximum atomic E-state index is 10.4. The first-order valence-corrected chi connectivity index (χ1v) is 3.85. The van der Waals surface area contributed by atoms with Crippen molar-refractivity contribution in [1.29, 1.82) is 0 Å². The number of carboxylic acid groups (broad SMARTS) is 1. The first-order valence-electron chi connectivity index (χ1n) is 3.85. The molecule has 0 atom stereocenters. The van der Waals surface area contributed by atoms with Crippen molar-refractivity contribution in [3.05, 3.63) is 33.5 Å². The Hall–Kier alpha value is -2.31. The Labute approximate surface area is 83.5 Å². The highest BCUT2D eigenvalue weighted by molar-refractivity contribution is 5.77. The molecule has 0 amide bonds. The first kappa shape index (κ1) is 10.8. The van der Waals surface area contributed by atoms with E-state index in [1.54, 1.807) is 0 Å². The second kappa shape index (κ2) is 4.27. The van der Waals surface area contributed by atoms with Crippen molar-refractivity contribution in [3.63, 3.8) is 0 Å². The number of carbonyl (C=O) groups is 2. The molecule has 0 saturated heterocycles. The fourth-order valence-corrected chi connectivity index (χ4v) is 1.00. The fraction of sp³-hybridized carbons (Fsp3) is 0.125. The number of aldehydes is 1. The average molecular weight is 210 g/mol. The Bertz CT molecular complexity index is 429. The van der Waals surface area contributed by atoms with Crippen LogP contribution in [0.3, 0.4) is 0 Å². The number of hydrogen-bond donors (Lipinski definition) is 1. The van der Waals surface area contributed by atoms with Crippen LogP contribution in [0.2, 0.25) is 0 Å². The van der Waals surface area contributed by atoms with Gasteiger partial charge in [0.2, 0.25) is 0 Å². The van der Waals surface area contributed by atoms with Crippen molar-refractivity contribution in [2.75, 3.05) is 0 Å². The van der Waals surface area contributed by atoms with Crippen molar-refractivity contribution >= 4 is 18.1 Å². The van der Waals surface area contributed by atoms with Gasteiger partial charge in [-0.25, -0.2) is 0 Å². The summed E-state index contributed by atoms with van der Waals surface area (Å²) in [4.78, 5) is 33.9. The van der Waals surface area contributed by atoms with Crippen LogP contribution in [0.1, 0.15) is 16.1 Å². The van der Waals surface area contributed by atoms with E-state index in [1.807, 2.05) is 0 Å². The Morgan fingerprint density at radius 3 is 2.73 bits per heavy atom. The van der Waals surface area contributed by atoms with Gasteiger partial charge in [-0.15, -0.1) is 0 Å². The van der Waals surface area contributed by atoms with Crippen LogP contribution in [-0.4, -0.2) is 27.3 Å². The Morgan fingerprint density at radius 2 is 2.27 bits per heavy atom. The predicted molar refractivity (Wildman–Crippen MR) is 47.6 cm³/mol. The normalized spacial score (nSPS) is 9.60. The molecule has 0 aromatic carbocycles. The topological polar surface area (TPSA) is 110 Å². The Balaban J connectivity index is 3.16. The lowest BCUT2D eigenvalue weighted by atomic mass is 10.2. The molecule has 7 nitrogen and oxygen atoms in total. The molecule has 0 unspecified atom stereocenters. The van der Waals surface area contributed by atoms with Crippen molar-refractivity contribution in [1.82, 2.24) is 4.98 Å². The minimum Gasteiger partial charge on any atom is -0.481 e. The zero-order valence-electron chi connectivity index (χ0n) is 7.41. The van der Waals surface area contributed by atoms with Gasteiger partial charge in [-0.3, -0.25) is 9.59 Å². The molecule has 1 heterocycles. The van der Waals surface area contributed by atoms with Crippen LogP contribution < -0.4 is 0 Å². The summed E-state index contributed by atoms with van der Waals surface area (Å²) < 4.78 is 0. The average Bonchev–Trinajstić information content (AvgIpc) is 2.16. The van der Waals surface area contributed by atoms with Gasteiger partial charge in [0.25, 0.3) is 0 Å². The molecule has 1 N–H and O–H groups in total. The minimum absolute atomic E-state index is 0.0150. The summed E-state index contributed by atoms with van der Waals surface area (Å²) in [6.07, 6.45) is -0.0530. The van der Waals surface area contributed by atoms with E-state index in [-0.39, 0.29) is 11.3 Å². The van der Waals surface area contributed by atoms with Crippen LogP contribution in [0, 0.1) is 10.1 Å². The largest absolute Gasteiger partial charge is 0.481 e. The molecule has 0 fully saturated rings. The number of carbonyl (C=O) groups excluding carboxylic acids is 1. The molecule has 78 valence electrons. The van der Waals surface area contributed by atoms with Crippen molar-refractivity contribution in [3.8, 4) is 0 Å². The summed E-state index contributed by atoms with van der Waals surface area (Å²) in [5.41, 5.74) is 0.0201. The lowest BCUT2D eigenvalue weighted by Gasteiger charge is -1.96. The molecule has 0 aliphatic rings. The molecule has 1 aromatic rings. The summed E-state index contributed by atoms with van der Waals surface area (Å²) in [5.74, 6) is -1.70. The van der Waals surface area contributed by atoms with Crippen LogP contribution in [0.25, 0.3) is 0 Å². The smallest absolute Gasteiger partial charge is 0.364 e. The predicted octanol–water partition coefficient (Wildman–Crippen LogP) is 0.429. The van der Waals surface area contributed by atoms with Crippen molar-refractivity contribution in [2.24, 2.45) is 0 Å². The maximum absolute atomic E-state index is 10.4. The van der Waals surface area contributed by atoms with Crippen molar-refractivity contribution in [2.45, 2.75) is 6.42 Å². The summed E-state index contributed by atoms with van der Waals surface area (Å²) in [6, 6.07) is 2.19. The van der Waals surface area contributed by atoms with Crippen molar-refractivity contribution < 1.29 is 19.6 Å². The van der Waals surface area contributed by atoms with Crippen LogP contribution in [0.5, 0.6) is 0 Å². The fourth-order valence-electron chi connectivity index (χ4n) is 1.00. The van der Waals surface area contributed by atoms with Crippen LogP contribution in [0.15, 0.2) is 12.1 Å². The molecule has 1 aromatic heterocycles. The van der Waals surface area contributed by atoms with Gasteiger partial charge >= 0.3 is 11.8 Å². The van der Waals surface area contributed by atoms with E-state index >= 15 is 0 Å². The molecular weight excluding hydrogens is 204 g/mol. The third-order valence-corrected chi connectivity index (χ3v) is 1.54. The van der Waals surface area contributed by atoms with Gasteiger partial charge in [0, 0.05) is 11.6 Å². The molecule has 0 radical (unpaired) electrons. The number of hydrogen-bond acceptors (Lipinski definition) is 5. The number of rotatable bonds is 4. The number of carboxylic acids is 1. The second-order valence-electron chi connectivity index (χ2n) is 2.70. The molecule has 0 bridgehead atoms. The van der Waals surface area contributed by atoms with E-state index in [0.29, 0.717) is 6.29 Å². The summed E-state index contributed by atoms with van der Waals surface area (Å²) in [7, 11) is 0. The lowest BCUT2D eigenvalue weighted by molar-refractivity contribution is -0.389. The molecular formula is C8H6N2O5. The van der Waals surface area contributed by atoms with E-state index in [9.17, 15) is 19.7 Å². The minimum atomic E-state index is -1.17. The third-order valence-electron chi connectivity index (χ3n) is 1.54. The Kier molecular flexibility index (Phi) is 3.06. The molecule has 0 spiro atoms. The van der Waals surface area contributed by atoms with E-state index in [0.717, 1.165) is 6.07 Å².